The Balaban J connectivity index is 1.99. The molecule has 2 heterocycles. The van der Waals surface area contributed by atoms with Crippen LogP contribution in [0.5, 0.6) is 23.0 Å². The summed E-state index contributed by atoms with van der Waals surface area (Å²) in [5.74, 6) is 1.23. The van der Waals surface area contributed by atoms with Crippen molar-refractivity contribution in [2.75, 3.05) is 28.4 Å². The Hall–Kier alpha value is -4.67. The summed E-state index contributed by atoms with van der Waals surface area (Å²) in [6, 6.07) is 14.7. The molecular weight excluding hydrogens is 480 g/mol. The van der Waals surface area contributed by atoms with Crippen LogP contribution in [0.15, 0.2) is 46.8 Å². The minimum atomic E-state index is -0.771. The van der Waals surface area contributed by atoms with Crippen LogP contribution in [0.2, 0.25) is 0 Å². The predicted molar refractivity (Wildman–Crippen MR) is 135 cm³/mol. The van der Waals surface area contributed by atoms with Crippen molar-refractivity contribution in [3.63, 3.8) is 0 Å². The van der Waals surface area contributed by atoms with Crippen molar-refractivity contribution >= 4 is 28.8 Å². The van der Waals surface area contributed by atoms with Crippen molar-refractivity contribution in [3.05, 3.63) is 72.6 Å². The average molecular weight is 503 g/mol. The summed E-state index contributed by atoms with van der Waals surface area (Å²) >= 11 is 1.13. The highest BCUT2D eigenvalue weighted by Crippen LogP contribution is 2.39. The van der Waals surface area contributed by atoms with Crippen LogP contribution in [0.25, 0.3) is 17.5 Å². The van der Waals surface area contributed by atoms with E-state index in [0.717, 1.165) is 11.3 Å². The molecule has 0 amide bonds. The number of hydrogen-bond acceptors (Lipinski definition) is 9. The molecule has 0 saturated heterocycles. The molecule has 36 heavy (non-hydrogen) atoms. The maximum atomic E-state index is 13.4. The molecule has 1 atom stereocenters. The van der Waals surface area contributed by atoms with Gasteiger partial charge in [0.05, 0.1) is 62.2 Å². The summed E-state index contributed by atoms with van der Waals surface area (Å²) in [5.41, 5.74) is 7.59. The van der Waals surface area contributed by atoms with E-state index in [1.807, 2.05) is 0 Å². The van der Waals surface area contributed by atoms with Gasteiger partial charge in [-0.05, 0) is 41.5 Å². The highest BCUT2D eigenvalue weighted by molar-refractivity contribution is 7.07. The summed E-state index contributed by atoms with van der Waals surface area (Å²) in [6.07, 6.45) is 1.68. The Kier molecular flexibility index (Phi) is 6.73. The molecule has 2 N–H and O–H groups in total. The number of nitrogens with zero attached hydrogens (tertiary/aromatic N) is 3. The van der Waals surface area contributed by atoms with Crippen LogP contribution in [-0.2, 0) is 0 Å². The Morgan fingerprint density at radius 2 is 1.47 bits per heavy atom. The minimum Gasteiger partial charge on any atom is -0.493 e. The van der Waals surface area contributed by atoms with E-state index in [1.54, 1.807) is 42.5 Å². The van der Waals surface area contributed by atoms with Gasteiger partial charge in [0.1, 0.15) is 10.5 Å². The number of fused-ring (bicyclic) bond motifs is 1. The number of ether oxygens (including phenoxy) is 4. The molecule has 0 spiro atoms. The van der Waals surface area contributed by atoms with Gasteiger partial charge in [0, 0.05) is 0 Å². The molecule has 182 valence electrons. The first-order valence-electron chi connectivity index (χ1n) is 10.6. The van der Waals surface area contributed by atoms with Gasteiger partial charge in [0.2, 0.25) is 0 Å². The number of allylic oxidation sites excluding steroid dienone is 1. The van der Waals surface area contributed by atoms with Crippen molar-refractivity contribution < 1.29 is 18.9 Å². The monoisotopic (exact) mass is 502 g/mol. The molecule has 0 radical (unpaired) electrons. The molecule has 2 aromatic carbocycles. The zero-order valence-electron chi connectivity index (χ0n) is 20.0. The van der Waals surface area contributed by atoms with Gasteiger partial charge < -0.3 is 24.7 Å². The van der Waals surface area contributed by atoms with Crippen LogP contribution in [-0.4, -0.2) is 33.0 Å². The molecule has 0 aliphatic carbocycles. The molecule has 0 bridgehead atoms. The molecule has 1 aromatic heterocycles. The highest BCUT2D eigenvalue weighted by Gasteiger charge is 2.32. The normalized spacial score (nSPS) is 15.1. The molecule has 0 fully saturated rings. The van der Waals surface area contributed by atoms with Gasteiger partial charge in [-0.1, -0.05) is 12.1 Å². The Morgan fingerprint density at radius 3 is 2.06 bits per heavy atom. The number of nitriles is 2. The topological polar surface area (TPSA) is 133 Å². The number of hydrogen-bond donors (Lipinski definition) is 1. The zero-order chi connectivity index (χ0) is 26.0. The second-order valence-corrected chi connectivity index (χ2v) is 8.69. The van der Waals surface area contributed by atoms with E-state index in [-0.39, 0.29) is 17.0 Å². The van der Waals surface area contributed by atoms with E-state index in [0.29, 0.717) is 43.3 Å². The van der Waals surface area contributed by atoms with Crippen LogP contribution in [0.1, 0.15) is 17.0 Å². The van der Waals surface area contributed by atoms with E-state index in [9.17, 15) is 15.3 Å². The number of thiazole rings is 1. The quantitative estimate of drug-likeness (QED) is 0.540. The first-order valence-corrected chi connectivity index (χ1v) is 11.5. The summed E-state index contributed by atoms with van der Waals surface area (Å²) in [5, 5.41) is 20.1. The van der Waals surface area contributed by atoms with Crippen LogP contribution in [0, 0.1) is 22.7 Å². The first kappa shape index (κ1) is 24.5. The first-order chi connectivity index (χ1) is 17.4. The Morgan fingerprint density at radius 1 is 0.889 bits per heavy atom. The molecule has 9 nitrogen and oxygen atoms in total. The third kappa shape index (κ3) is 3.94. The largest absolute Gasteiger partial charge is 0.493 e. The lowest BCUT2D eigenvalue weighted by Gasteiger charge is -2.23. The molecule has 1 aliphatic rings. The van der Waals surface area contributed by atoms with E-state index in [4.69, 9.17) is 24.7 Å². The fraction of sp³-hybridized carbons (Fsp3) is 0.192. The third-order valence-electron chi connectivity index (χ3n) is 5.84. The van der Waals surface area contributed by atoms with Gasteiger partial charge in [-0.25, -0.2) is 0 Å². The van der Waals surface area contributed by atoms with Gasteiger partial charge in [-0.3, -0.25) is 9.36 Å². The lowest BCUT2D eigenvalue weighted by atomic mass is 9.84. The Labute approximate surface area is 210 Å². The van der Waals surface area contributed by atoms with E-state index < -0.39 is 11.5 Å². The van der Waals surface area contributed by atoms with Gasteiger partial charge >= 0.3 is 0 Å². The molecule has 3 aromatic rings. The molecule has 10 heteroatoms. The van der Waals surface area contributed by atoms with Crippen molar-refractivity contribution in [2.24, 2.45) is 5.73 Å². The molecular formula is C26H22N4O5S. The number of methoxy groups -OCH3 is 4. The van der Waals surface area contributed by atoms with Crippen molar-refractivity contribution in [1.29, 1.82) is 10.5 Å². The smallest absolute Gasteiger partial charge is 0.274 e. The van der Waals surface area contributed by atoms with Gasteiger partial charge in [0.25, 0.3) is 5.56 Å². The molecule has 4 rings (SSSR count). The SMILES string of the molecule is COc1ccc(/C=c2\sc3n(c2=O)C(N)=C(C#N)[C@H](c2ccc(OC)c(OC)c2)C=3C#N)cc1OC. The number of nitrogens with two attached hydrogens (primary N) is 1. The zero-order valence-corrected chi connectivity index (χ0v) is 20.8. The number of rotatable bonds is 6. The third-order valence-corrected chi connectivity index (χ3v) is 6.94. The minimum absolute atomic E-state index is 0.0144. The second-order valence-electron chi connectivity index (χ2n) is 7.65. The average Bonchev–Trinajstić information content (AvgIpc) is 3.23. The maximum absolute atomic E-state index is 13.4. The van der Waals surface area contributed by atoms with E-state index in [2.05, 4.69) is 12.1 Å². The standard InChI is InChI=1S/C26H22N4O5S/c1-32-18-7-5-14(9-20(18)34-3)10-22-25(31)30-24(29)16(12-27)23(17(13-28)26(30)36-22)15-6-8-19(33-2)21(11-15)35-4/h5-11,23H,29H2,1-4H3/b22-10-/t23-/m0/s1. The van der Waals surface area contributed by atoms with Gasteiger partial charge in [-0.15, -0.1) is 11.3 Å². The second kappa shape index (κ2) is 9.90. The molecule has 0 saturated carbocycles. The summed E-state index contributed by atoms with van der Waals surface area (Å²) in [7, 11) is 6.08. The molecule has 0 unspecified atom stereocenters. The van der Waals surface area contributed by atoms with Crippen molar-refractivity contribution in [2.45, 2.75) is 5.92 Å². The van der Waals surface area contributed by atoms with E-state index in [1.165, 1.54) is 33.0 Å². The van der Waals surface area contributed by atoms with Gasteiger partial charge in [-0.2, -0.15) is 10.5 Å². The summed E-state index contributed by atoms with van der Waals surface area (Å²) < 4.78 is 23.3. The number of benzene rings is 2. The van der Waals surface area contributed by atoms with Gasteiger partial charge in [0.15, 0.2) is 23.0 Å². The van der Waals surface area contributed by atoms with Crippen LogP contribution in [0.4, 0.5) is 0 Å². The predicted octanol–water partition coefficient (Wildman–Crippen LogP) is 1.90. The fourth-order valence-electron chi connectivity index (χ4n) is 4.11. The lowest BCUT2D eigenvalue weighted by molar-refractivity contribution is 0.354. The maximum Gasteiger partial charge on any atom is 0.274 e. The summed E-state index contributed by atoms with van der Waals surface area (Å²) in [6.45, 7) is 0. The van der Waals surface area contributed by atoms with Crippen LogP contribution in [0.3, 0.4) is 0 Å². The van der Waals surface area contributed by atoms with Crippen molar-refractivity contribution in [3.8, 4) is 35.1 Å². The summed E-state index contributed by atoms with van der Waals surface area (Å²) in [4.78, 5) is 13.4. The van der Waals surface area contributed by atoms with Crippen LogP contribution >= 0.6 is 11.3 Å². The lowest BCUT2D eigenvalue weighted by Crippen LogP contribution is -2.38. The van der Waals surface area contributed by atoms with Crippen LogP contribution < -0.4 is 39.4 Å². The fourth-order valence-corrected chi connectivity index (χ4v) is 5.24. The number of aromatic nitrogens is 1. The van der Waals surface area contributed by atoms with Crippen molar-refractivity contribution in [1.82, 2.24) is 4.57 Å². The molecule has 1 aliphatic heterocycles. The van der Waals surface area contributed by atoms with E-state index >= 15 is 0 Å². The highest BCUT2D eigenvalue weighted by atomic mass is 32.1. The Bertz CT molecular complexity index is 1650.